The number of carbonyl (C=O) groups is 1. The standard InChI is InChI=1S/C32H43NO5/c1-22(2)12-14-37-28-10-8-24(18-30(28)35-6)16-26-20-33(5)21-27(32(26)34)17-25-9-11-29(31(19-25)36-7)38-15-13-23(3)4/h8-11,16-19,22-23H,12-15,20-21H2,1-7H3/b26-16-,27-17+. The fourth-order valence-electron chi connectivity index (χ4n) is 4.21. The Morgan fingerprint density at radius 1 is 0.737 bits per heavy atom. The van der Waals surface area contributed by atoms with Crippen LogP contribution in [-0.2, 0) is 4.79 Å². The van der Waals surface area contributed by atoms with Crippen molar-refractivity contribution in [3.05, 3.63) is 58.7 Å². The molecule has 0 amide bonds. The second kappa shape index (κ2) is 14.1. The molecule has 0 N–H and O–H groups in total. The monoisotopic (exact) mass is 521 g/mol. The number of benzene rings is 2. The summed E-state index contributed by atoms with van der Waals surface area (Å²) in [5, 5.41) is 0. The van der Waals surface area contributed by atoms with Crippen LogP contribution in [0.3, 0.4) is 0 Å². The summed E-state index contributed by atoms with van der Waals surface area (Å²) in [4.78, 5) is 15.6. The van der Waals surface area contributed by atoms with Crippen molar-refractivity contribution in [1.82, 2.24) is 4.90 Å². The molecule has 6 heteroatoms. The minimum Gasteiger partial charge on any atom is -0.493 e. The van der Waals surface area contributed by atoms with Gasteiger partial charge >= 0.3 is 0 Å². The molecular formula is C32H43NO5. The number of hydrogen-bond acceptors (Lipinski definition) is 6. The van der Waals surface area contributed by atoms with Crippen LogP contribution >= 0.6 is 0 Å². The van der Waals surface area contributed by atoms with Crippen LogP contribution in [0.2, 0.25) is 0 Å². The van der Waals surface area contributed by atoms with Crippen LogP contribution in [-0.4, -0.2) is 58.3 Å². The first kappa shape index (κ1) is 29.3. The van der Waals surface area contributed by atoms with Crippen LogP contribution in [0.1, 0.15) is 51.7 Å². The van der Waals surface area contributed by atoms with Gasteiger partial charge in [-0.2, -0.15) is 0 Å². The normalized spacial score (nSPS) is 16.5. The van der Waals surface area contributed by atoms with Gasteiger partial charge in [0.05, 0.1) is 27.4 Å². The van der Waals surface area contributed by atoms with Crippen molar-refractivity contribution in [1.29, 1.82) is 0 Å². The molecule has 0 unspecified atom stereocenters. The van der Waals surface area contributed by atoms with Gasteiger partial charge in [0.2, 0.25) is 0 Å². The Labute approximate surface area is 228 Å². The Hall–Kier alpha value is -3.25. The number of methoxy groups -OCH3 is 2. The van der Waals surface area contributed by atoms with Gasteiger partial charge in [-0.1, -0.05) is 39.8 Å². The maximum absolute atomic E-state index is 13.5. The molecule has 206 valence electrons. The zero-order chi connectivity index (χ0) is 27.7. The molecule has 1 aliphatic heterocycles. The lowest BCUT2D eigenvalue weighted by atomic mass is 9.94. The molecule has 1 aliphatic rings. The highest BCUT2D eigenvalue weighted by Crippen LogP contribution is 2.32. The zero-order valence-corrected chi connectivity index (χ0v) is 24.0. The maximum atomic E-state index is 13.5. The Bertz CT molecular complexity index is 1060. The first-order valence-electron chi connectivity index (χ1n) is 13.5. The zero-order valence-electron chi connectivity index (χ0n) is 24.0. The first-order valence-corrected chi connectivity index (χ1v) is 13.5. The molecule has 38 heavy (non-hydrogen) atoms. The molecule has 0 atom stereocenters. The topological polar surface area (TPSA) is 57.2 Å². The highest BCUT2D eigenvalue weighted by Gasteiger charge is 2.24. The van der Waals surface area contributed by atoms with Gasteiger partial charge in [-0.3, -0.25) is 9.69 Å². The summed E-state index contributed by atoms with van der Waals surface area (Å²) in [6.07, 6.45) is 5.84. The maximum Gasteiger partial charge on any atom is 0.187 e. The predicted molar refractivity (Wildman–Crippen MR) is 154 cm³/mol. The molecule has 0 aromatic heterocycles. The number of hydrogen-bond donors (Lipinski definition) is 0. The quantitative estimate of drug-likeness (QED) is 0.296. The number of ether oxygens (including phenoxy) is 4. The number of likely N-dealkylation sites (N-methyl/N-ethyl adjacent to an activating group) is 1. The second-order valence-electron chi connectivity index (χ2n) is 10.7. The minimum atomic E-state index is 0.0514. The number of rotatable bonds is 12. The fourth-order valence-corrected chi connectivity index (χ4v) is 4.21. The third-order valence-corrected chi connectivity index (χ3v) is 6.43. The molecule has 3 rings (SSSR count). The predicted octanol–water partition coefficient (Wildman–Crippen LogP) is 6.54. The van der Waals surface area contributed by atoms with E-state index in [-0.39, 0.29) is 5.78 Å². The third-order valence-electron chi connectivity index (χ3n) is 6.43. The Morgan fingerprint density at radius 3 is 1.53 bits per heavy atom. The van der Waals surface area contributed by atoms with E-state index in [9.17, 15) is 4.79 Å². The van der Waals surface area contributed by atoms with Gasteiger partial charge in [0.15, 0.2) is 28.8 Å². The molecule has 0 bridgehead atoms. The third kappa shape index (κ3) is 8.38. The van der Waals surface area contributed by atoms with E-state index in [0.717, 1.165) is 35.1 Å². The second-order valence-corrected chi connectivity index (χ2v) is 10.7. The van der Waals surface area contributed by atoms with Crippen molar-refractivity contribution in [2.45, 2.75) is 40.5 Å². The van der Waals surface area contributed by atoms with Gasteiger partial charge in [0.1, 0.15) is 0 Å². The molecular weight excluding hydrogens is 478 g/mol. The van der Waals surface area contributed by atoms with Gasteiger partial charge in [-0.25, -0.2) is 0 Å². The number of Topliss-reactive ketones (excluding diaryl/α,β-unsaturated/α-hetero) is 1. The summed E-state index contributed by atoms with van der Waals surface area (Å²) in [7, 11) is 5.29. The van der Waals surface area contributed by atoms with E-state index in [2.05, 4.69) is 32.6 Å². The highest BCUT2D eigenvalue weighted by molar-refractivity contribution is 6.14. The van der Waals surface area contributed by atoms with E-state index in [1.165, 1.54) is 0 Å². The average Bonchev–Trinajstić information content (AvgIpc) is 2.87. The number of carbonyl (C=O) groups excluding carboxylic acids is 1. The number of nitrogens with zero attached hydrogens (tertiary/aromatic N) is 1. The molecule has 0 radical (unpaired) electrons. The molecule has 0 spiro atoms. The van der Waals surface area contributed by atoms with Gasteiger partial charge in [-0.15, -0.1) is 0 Å². The molecule has 1 saturated heterocycles. The SMILES string of the molecule is COc1cc(/C=C2/CN(C)C/C(=C\c3ccc(OCCC(C)C)c(OC)c3)C2=O)ccc1OCCC(C)C. The smallest absolute Gasteiger partial charge is 0.187 e. The Morgan fingerprint density at radius 2 is 1.16 bits per heavy atom. The van der Waals surface area contributed by atoms with Crippen molar-refractivity contribution in [2.24, 2.45) is 11.8 Å². The summed E-state index contributed by atoms with van der Waals surface area (Å²) in [6.45, 7) is 11.1. The largest absolute Gasteiger partial charge is 0.493 e. The Balaban J connectivity index is 1.80. The van der Waals surface area contributed by atoms with E-state index in [1.54, 1.807) is 14.2 Å². The average molecular weight is 522 g/mol. The van der Waals surface area contributed by atoms with Crippen LogP contribution < -0.4 is 18.9 Å². The van der Waals surface area contributed by atoms with E-state index < -0.39 is 0 Å². The van der Waals surface area contributed by atoms with E-state index in [1.807, 2.05) is 55.6 Å². The molecule has 2 aromatic carbocycles. The lowest BCUT2D eigenvalue weighted by Gasteiger charge is -2.26. The van der Waals surface area contributed by atoms with Crippen LogP contribution in [0.25, 0.3) is 12.2 Å². The van der Waals surface area contributed by atoms with E-state index >= 15 is 0 Å². The van der Waals surface area contributed by atoms with Crippen molar-refractivity contribution in [2.75, 3.05) is 47.6 Å². The Kier molecular flexibility index (Phi) is 10.8. The molecule has 1 heterocycles. The summed E-state index contributed by atoms with van der Waals surface area (Å²) < 4.78 is 23.0. The molecule has 2 aromatic rings. The molecule has 0 saturated carbocycles. The summed E-state index contributed by atoms with van der Waals surface area (Å²) >= 11 is 0. The fraction of sp³-hybridized carbons (Fsp3) is 0.469. The van der Waals surface area contributed by atoms with Crippen molar-refractivity contribution in [3.8, 4) is 23.0 Å². The van der Waals surface area contributed by atoms with Crippen LogP contribution in [0.15, 0.2) is 47.5 Å². The van der Waals surface area contributed by atoms with Crippen LogP contribution in [0, 0.1) is 11.8 Å². The first-order chi connectivity index (χ1) is 18.2. The van der Waals surface area contributed by atoms with Crippen LogP contribution in [0.4, 0.5) is 0 Å². The molecule has 6 nitrogen and oxygen atoms in total. The lowest BCUT2D eigenvalue weighted by molar-refractivity contribution is -0.113. The van der Waals surface area contributed by atoms with Crippen molar-refractivity contribution >= 4 is 17.9 Å². The van der Waals surface area contributed by atoms with Crippen molar-refractivity contribution < 1.29 is 23.7 Å². The molecule has 1 fully saturated rings. The minimum absolute atomic E-state index is 0.0514. The van der Waals surface area contributed by atoms with Gasteiger partial charge in [0.25, 0.3) is 0 Å². The van der Waals surface area contributed by atoms with Gasteiger partial charge in [0, 0.05) is 24.2 Å². The van der Waals surface area contributed by atoms with Crippen molar-refractivity contribution in [3.63, 3.8) is 0 Å². The summed E-state index contributed by atoms with van der Waals surface area (Å²) in [5.74, 6) is 3.96. The summed E-state index contributed by atoms with van der Waals surface area (Å²) in [6, 6.07) is 11.6. The lowest BCUT2D eigenvalue weighted by Crippen LogP contribution is -2.34. The summed E-state index contributed by atoms with van der Waals surface area (Å²) in [5.41, 5.74) is 3.28. The van der Waals surface area contributed by atoms with Gasteiger partial charge < -0.3 is 18.9 Å². The van der Waals surface area contributed by atoms with E-state index in [4.69, 9.17) is 18.9 Å². The van der Waals surface area contributed by atoms with Gasteiger partial charge in [-0.05, 0) is 79.3 Å². The number of likely N-dealkylation sites (tertiary alicyclic amines) is 1. The van der Waals surface area contributed by atoms with E-state index in [0.29, 0.717) is 61.1 Å². The highest BCUT2D eigenvalue weighted by atomic mass is 16.5. The number of ketones is 1. The number of piperidine rings is 1. The van der Waals surface area contributed by atoms with Crippen LogP contribution in [0.5, 0.6) is 23.0 Å². The molecule has 0 aliphatic carbocycles.